The lowest BCUT2D eigenvalue weighted by Gasteiger charge is -2.18. The summed E-state index contributed by atoms with van der Waals surface area (Å²) in [6, 6.07) is 10.1. The SMILES string of the molecule is CCn1c(-c2ccccc2)c(N)c(=O)n1C(C)C1CC1. The molecule has 4 heteroatoms. The van der Waals surface area contributed by atoms with Gasteiger partial charge in [-0.25, -0.2) is 4.68 Å². The van der Waals surface area contributed by atoms with Gasteiger partial charge < -0.3 is 5.73 Å². The summed E-state index contributed by atoms with van der Waals surface area (Å²) in [6.07, 6.45) is 2.42. The molecule has 2 N–H and O–H groups in total. The molecule has 1 aliphatic rings. The molecule has 0 saturated heterocycles. The minimum absolute atomic E-state index is 0.0508. The molecule has 0 radical (unpaired) electrons. The molecule has 1 fully saturated rings. The van der Waals surface area contributed by atoms with Crippen molar-refractivity contribution in [3.63, 3.8) is 0 Å². The van der Waals surface area contributed by atoms with Crippen molar-refractivity contribution >= 4 is 5.69 Å². The van der Waals surface area contributed by atoms with E-state index in [1.165, 1.54) is 12.8 Å². The molecule has 1 unspecified atom stereocenters. The van der Waals surface area contributed by atoms with Crippen molar-refractivity contribution in [2.75, 3.05) is 5.73 Å². The van der Waals surface area contributed by atoms with E-state index in [4.69, 9.17) is 5.73 Å². The number of nitrogen functional groups attached to an aromatic ring is 1. The summed E-state index contributed by atoms with van der Waals surface area (Å²) in [7, 11) is 0. The van der Waals surface area contributed by atoms with Crippen LogP contribution in [0, 0.1) is 5.92 Å². The fourth-order valence-electron chi connectivity index (χ4n) is 2.98. The minimum Gasteiger partial charge on any atom is -0.392 e. The Morgan fingerprint density at radius 2 is 1.95 bits per heavy atom. The van der Waals surface area contributed by atoms with E-state index in [-0.39, 0.29) is 11.6 Å². The number of hydrogen-bond donors (Lipinski definition) is 1. The molecule has 1 saturated carbocycles. The molecule has 1 aromatic heterocycles. The van der Waals surface area contributed by atoms with E-state index >= 15 is 0 Å². The van der Waals surface area contributed by atoms with Gasteiger partial charge in [-0.1, -0.05) is 30.3 Å². The minimum atomic E-state index is -0.0508. The lowest BCUT2D eigenvalue weighted by atomic mass is 10.1. The second kappa shape index (κ2) is 4.85. The Labute approximate surface area is 118 Å². The van der Waals surface area contributed by atoms with Gasteiger partial charge in [-0.2, -0.15) is 0 Å². The van der Waals surface area contributed by atoms with Crippen molar-refractivity contribution in [2.24, 2.45) is 5.92 Å². The van der Waals surface area contributed by atoms with E-state index in [1.807, 2.05) is 39.7 Å². The molecule has 0 aliphatic heterocycles. The highest BCUT2D eigenvalue weighted by molar-refractivity contribution is 5.72. The lowest BCUT2D eigenvalue weighted by Crippen LogP contribution is -2.28. The van der Waals surface area contributed by atoms with Crippen LogP contribution in [-0.4, -0.2) is 9.36 Å². The maximum absolute atomic E-state index is 12.5. The highest BCUT2D eigenvalue weighted by atomic mass is 16.1. The van der Waals surface area contributed by atoms with Gasteiger partial charge in [-0.3, -0.25) is 9.48 Å². The molecule has 1 aromatic carbocycles. The first-order chi connectivity index (χ1) is 9.65. The molecule has 1 atom stereocenters. The average Bonchev–Trinajstić information content (AvgIpc) is 3.28. The van der Waals surface area contributed by atoms with Crippen molar-refractivity contribution in [1.29, 1.82) is 0 Å². The number of anilines is 1. The average molecular weight is 271 g/mol. The topological polar surface area (TPSA) is 52.9 Å². The molecule has 3 rings (SSSR count). The predicted octanol–water partition coefficient (Wildman–Crippen LogP) is 2.89. The highest BCUT2D eigenvalue weighted by Crippen LogP contribution is 2.39. The number of nitrogens with two attached hydrogens (primary N) is 1. The first kappa shape index (κ1) is 13.0. The van der Waals surface area contributed by atoms with E-state index in [0.29, 0.717) is 11.6 Å². The van der Waals surface area contributed by atoms with Crippen LogP contribution in [0.4, 0.5) is 5.69 Å². The first-order valence-corrected chi connectivity index (χ1v) is 7.31. The summed E-state index contributed by atoms with van der Waals surface area (Å²) in [6.45, 7) is 4.93. The van der Waals surface area contributed by atoms with E-state index in [1.54, 1.807) is 0 Å². The quantitative estimate of drug-likeness (QED) is 0.929. The normalized spacial score (nSPS) is 16.3. The van der Waals surface area contributed by atoms with Gasteiger partial charge in [-0.15, -0.1) is 0 Å². The molecule has 0 amide bonds. The molecule has 1 aliphatic carbocycles. The van der Waals surface area contributed by atoms with Gasteiger partial charge in [0.2, 0.25) is 0 Å². The van der Waals surface area contributed by atoms with E-state index in [0.717, 1.165) is 17.8 Å². The Kier molecular flexibility index (Phi) is 3.16. The Morgan fingerprint density at radius 3 is 2.50 bits per heavy atom. The molecular weight excluding hydrogens is 250 g/mol. The third-order valence-electron chi connectivity index (χ3n) is 4.25. The molecule has 0 spiro atoms. The second-order valence-electron chi connectivity index (χ2n) is 5.57. The lowest BCUT2D eigenvalue weighted by molar-refractivity contribution is 0.359. The van der Waals surface area contributed by atoms with E-state index < -0.39 is 0 Å². The number of rotatable bonds is 4. The van der Waals surface area contributed by atoms with Crippen LogP contribution in [0.2, 0.25) is 0 Å². The van der Waals surface area contributed by atoms with Crippen LogP contribution in [0.5, 0.6) is 0 Å². The second-order valence-corrected chi connectivity index (χ2v) is 5.57. The monoisotopic (exact) mass is 271 g/mol. The van der Waals surface area contributed by atoms with E-state index in [2.05, 4.69) is 13.8 Å². The van der Waals surface area contributed by atoms with Gasteiger partial charge in [0.05, 0.1) is 11.7 Å². The van der Waals surface area contributed by atoms with Crippen LogP contribution in [0.3, 0.4) is 0 Å². The summed E-state index contributed by atoms with van der Waals surface area (Å²) in [5, 5.41) is 0. The third kappa shape index (κ3) is 1.96. The van der Waals surface area contributed by atoms with Gasteiger partial charge in [0, 0.05) is 12.1 Å². The standard InChI is InChI=1S/C16H21N3O/c1-3-18-15(13-7-5-4-6-8-13)14(17)16(20)19(18)11(2)12-9-10-12/h4-8,11-12H,3,9-10,17H2,1-2H3. The summed E-state index contributed by atoms with van der Waals surface area (Å²) < 4.78 is 3.89. The van der Waals surface area contributed by atoms with Crippen molar-refractivity contribution in [1.82, 2.24) is 9.36 Å². The van der Waals surface area contributed by atoms with Gasteiger partial charge in [-0.05, 0) is 32.6 Å². The van der Waals surface area contributed by atoms with Crippen molar-refractivity contribution in [2.45, 2.75) is 39.3 Å². The Morgan fingerprint density at radius 1 is 1.30 bits per heavy atom. The Bertz CT molecular complexity index is 665. The molecule has 4 nitrogen and oxygen atoms in total. The van der Waals surface area contributed by atoms with Crippen molar-refractivity contribution < 1.29 is 0 Å². The van der Waals surface area contributed by atoms with Gasteiger partial charge in [0.1, 0.15) is 5.69 Å². The highest BCUT2D eigenvalue weighted by Gasteiger charge is 2.33. The van der Waals surface area contributed by atoms with Crippen LogP contribution < -0.4 is 11.3 Å². The van der Waals surface area contributed by atoms with Gasteiger partial charge in [0.25, 0.3) is 5.56 Å². The number of hydrogen-bond acceptors (Lipinski definition) is 2. The van der Waals surface area contributed by atoms with Crippen LogP contribution in [0.25, 0.3) is 11.3 Å². The summed E-state index contributed by atoms with van der Waals surface area (Å²) in [5.74, 6) is 0.621. The Hall–Kier alpha value is -1.97. The molecule has 2 aromatic rings. The first-order valence-electron chi connectivity index (χ1n) is 7.31. The molecule has 1 heterocycles. The van der Waals surface area contributed by atoms with Gasteiger partial charge in [0.15, 0.2) is 0 Å². The number of nitrogens with zero attached hydrogens (tertiary/aromatic N) is 2. The maximum Gasteiger partial charge on any atom is 0.290 e. The zero-order valence-corrected chi connectivity index (χ0v) is 12.0. The fraction of sp³-hybridized carbons (Fsp3) is 0.438. The third-order valence-corrected chi connectivity index (χ3v) is 4.25. The van der Waals surface area contributed by atoms with E-state index in [9.17, 15) is 4.79 Å². The van der Waals surface area contributed by atoms with Crippen LogP contribution in [0.1, 0.15) is 32.7 Å². The van der Waals surface area contributed by atoms with Crippen molar-refractivity contribution in [3.05, 3.63) is 40.7 Å². The maximum atomic E-state index is 12.5. The summed E-state index contributed by atoms with van der Waals surface area (Å²) >= 11 is 0. The largest absolute Gasteiger partial charge is 0.392 e. The fourth-order valence-corrected chi connectivity index (χ4v) is 2.98. The number of benzene rings is 1. The van der Waals surface area contributed by atoms with Gasteiger partial charge >= 0.3 is 0 Å². The summed E-state index contributed by atoms with van der Waals surface area (Å²) in [5.41, 5.74) is 8.29. The smallest absolute Gasteiger partial charge is 0.290 e. The van der Waals surface area contributed by atoms with Crippen LogP contribution in [-0.2, 0) is 6.54 Å². The van der Waals surface area contributed by atoms with Crippen LogP contribution in [0.15, 0.2) is 35.1 Å². The molecular formula is C16H21N3O. The van der Waals surface area contributed by atoms with Crippen molar-refractivity contribution in [3.8, 4) is 11.3 Å². The summed E-state index contributed by atoms with van der Waals surface area (Å²) in [4.78, 5) is 12.5. The molecule has 0 bridgehead atoms. The zero-order valence-electron chi connectivity index (χ0n) is 12.0. The van der Waals surface area contributed by atoms with Crippen LogP contribution >= 0.6 is 0 Å². The number of aromatic nitrogens is 2. The predicted molar refractivity (Wildman–Crippen MR) is 81.6 cm³/mol. The zero-order chi connectivity index (χ0) is 14.3. The molecule has 20 heavy (non-hydrogen) atoms. The molecule has 106 valence electrons. The Balaban J connectivity index is 2.20.